The molecule has 0 bridgehead atoms. The van der Waals surface area contributed by atoms with Gasteiger partial charge >= 0.3 is 0 Å². The Morgan fingerprint density at radius 3 is 1.37 bits per heavy atom. The van der Waals surface area contributed by atoms with Gasteiger partial charge in [-0.2, -0.15) is 12.2 Å². The van der Waals surface area contributed by atoms with Crippen LogP contribution in [0.5, 0.6) is 0 Å². The van der Waals surface area contributed by atoms with Crippen molar-refractivity contribution in [3.63, 3.8) is 0 Å². The molecule has 0 nitrogen and oxygen atoms in total. The molecule has 2 aromatic rings. The Morgan fingerprint density at radius 2 is 1.07 bits per heavy atom. The van der Waals surface area contributed by atoms with Gasteiger partial charge < -0.3 is 0 Å². The fourth-order valence-electron chi connectivity index (χ4n) is 3.07. The third-order valence-corrected chi connectivity index (χ3v) is 5.94. The monoisotopic (exact) mass is 577 g/mol. The molecule has 0 saturated carbocycles. The Hall–Kier alpha value is -1.51. The van der Waals surface area contributed by atoms with Crippen LogP contribution in [0, 0.1) is 12.2 Å². The predicted octanol–water partition coefficient (Wildman–Crippen LogP) is 6.02. The molecule has 0 amide bonds. The van der Waals surface area contributed by atoms with E-state index in [9.17, 15) is 0 Å². The van der Waals surface area contributed by atoms with Crippen molar-refractivity contribution in [3.8, 4) is 0 Å². The van der Waals surface area contributed by atoms with Gasteiger partial charge in [0.2, 0.25) is 0 Å². The predicted molar refractivity (Wildman–Crippen MR) is 130 cm³/mol. The van der Waals surface area contributed by atoms with E-state index in [0.29, 0.717) is 0 Å². The van der Waals surface area contributed by atoms with Gasteiger partial charge in [0.15, 0.2) is 0 Å². The van der Waals surface area contributed by atoms with E-state index >= 15 is 0 Å². The van der Waals surface area contributed by atoms with Crippen LogP contribution in [0.15, 0.2) is 96.1 Å². The van der Waals surface area contributed by atoms with E-state index < -0.39 is 0 Å². The average molecular weight is 576 g/mol. The Balaban J connectivity index is 0.000000233. The number of rotatable bonds is 6. The molecule has 0 saturated heterocycles. The fourth-order valence-corrected chi connectivity index (χ4v) is 4.29. The van der Waals surface area contributed by atoms with E-state index in [1.807, 2.05) is 0 Å². The van der Waals surface area contributed by atoms with Crippen LogP contribution in [0.25, 0.3) is 0 Å². The van der Waals surface area contributed by atoms with Crippen molar-refractivity contribution >= 4 is 19.9 Å². The maximum Gasteiger partial charge on any atom is 0.103 e. The van der Waals surface area contributed by atoms with Crippen LogP contribution in [0.2, 0.25) is 0 Å². The average Bonchev–Trinajstić information content (AvgIpc) is 3.46. The molecule has 0 atom stereocenters. The number of allylic oxidation sites excluding steroid dienone is 8. The summed E-state index contributed by atoms with van der Waals surface area (Å²) in [4.78, 5) is 0. The molecule has 1 radical (unpaired) electrons. The number of benzene rings is 2. The van der Waals surface area contributed by atoms with Crippen LogP contribution in [-0.2, 0) is 25.8 Å². The molecular weight excluding hydrogens is 543 g/mol. The molecule has 2 aliphatic rings. The number of hydrogen-bond donors (Lipinski definition) is 0. The normalized spacial score (nSPS) is 13.3. The summed E-state index contributed by atoms with van der Waals surface area (Å²) in [7, 11) is 0.271. The summed E-state index contributed by atoms with van der Waals surface area (Å²) in [6.45, 7) is 4.39. The van der Waals surface area contributed by atoms with Crippen molar-refractivity contribution in [1.82, 2.24) is 0 Å². The van der Waals surface area contributed by atoms with E-state index in [1.165, 1.54) is 47.2 Å². The van der Waals surface area contributed by atoms with Crippen molar-refractivity contribution in [2.45, 2.75) is 52.4 Å². The van der Waals surface area contributed by atoms with Gasteiger partial charge in [-0.1, -0.05) is 111 Å². The molecule has 2 aromatic carbocycles. The van der Waals surface area contributed by atoms with Gasteiger partial charge in [-0.15, -0.1) is 12.8 Å². The summed E-state index contributed by atoms with van der Waals surface area (Å²) in [5.74, 6) is 0. The molecule has 2 aliphatic carbocycles. The second kappa shape index (κ2) is 17.2. The quantitative estimate of drug-likeness (QED) is 0.292. The molecule has 0 aliphatic heterocycles. The van der Waals surface area contributed by atoms with Crippen molar-refractivity contribution in [1.29, 1.82) is 0 Å². The minimum absolute atomic E-state index is 0. The largest absolute Gasteiger partial charge is 0.269 e. The van der Waals surface area contributed by atoms with Gasteiger partial charge in [0.1, 0.15) is 9.52 Å². The Labute approximate surface area is 205 Å². The van der Waals surface area contributed by atoms with Gasteiger partial charge in [-0.05, 0) is 0 Å². The smallest absolute Gasteiger partial charge is 0.103 e. The second-order valence-corrected chi connectivity index (χ2v) is 8.70. The van der Waals surface area contributed by atoms with Gasteiger partial charge in [0.05, 0.1) is 0 Å². The van der Waals surface area contributed by atoms with Crippen LogP contribution >= 0.6 is 0 Å². The zero-order chi connectivity index (χ0) is 20.6. The summed E-state index contributed by atoms with van der Waals surface area (Å²) < 4.78 is 0. The van der Waals surface area contributed by atoms with Crippen LogP contribution in [-0.4, -0.2) is 9.52 Å². The Bertz CT molecular complexity index is 732. The summed E-state index contributed by atoms with van der Waals surface area (Å²) in [6.07, 6.45) is 22.2. The van der Waals surface area contributed by atoms with Gasteiger partial charge in [0.25, 0.3) is 0 Å². The van der Waals surface area contributed by atoms with Gasteiger partial charge in [-0.25, -0.2) is 23.3 Å². The minimum Gasteiger partial charge on any atom is -0.269 e. The summed E-state index contributed by atoms with van der Waals surface area (Å²) in [6, 6.07) is 21.3. The number of hydrogen-bond acceptors (Lipinski definition) is 0. The molecule has 0 N–H and O–H groups in total. The molecule has 0 fully saturated rings. The molecular formula is C28H33HfSi-2. The van der Waals surface area contributed by atoms with Crippen molar-refractivity contribution < 1.29 is 25.8 Å². The van der Waals surface area contributed by atoms with Crippen LogP contribution < -0.4 is 10.4 Å². The first-order valence-corrected chi connectivity index (χ1v) is 11.9. The molecule has 0 spiro atoms. The first-order chi connectivity index (χ1) is 14.3. The summed E-state index contributed by atoms with van der Waals surface area (Å²) >= 11 is 0. The summed E-state index contributed by atoms with van der Waals surface area (Å²) in [5, 5.41) is 2.90. The third kappa shape index (κ3) is 11.6. The molecule has 4 rings (SSSR count). The zero-order valence-electron chi connectivity index (χ0n) is 18.4. The maximum absolute atomic E-state index is 3.26. The first kappa shape index (κ1) is 26.5. The van der Waals surface area contributed by atoms with E-state index in [2.05, 4.69) is 111 Å². The maximum atomic E-state index is 3.26. The van der Waals surface area contributed by atoms with Crippen LogP contribution in [0.4, 0.5) is 0 Å². The molecule has 155 valence electrons. The van der Waals surface area contributed by atoms with Gasteiger partial charge in [0, 0.05) is 25.8 Å². The van der Waals surface area contributed by atoms with Crippen LogP contribution in [0.1, 0.15) is 52.4 Å². The summed E-state index contributed by atoms with van der Waals surface area (Å²) in [5.41, 5.74) is 2.79. The molecule has 0 heterocycles. The van der Waals surface area contributed by atoms with E-state index in [0.717, 1.165) is 12.8 Å². The molecule has 2 heteroatoms. The van der Waals surface area contributed by atoms with Crippen LogP contribution in [0.3, 0.4) is 0 Å². The minimum atomic E-state index is 0. The van der Waals surface area contributed by atoms with E-state index in [-0.39, 0.29) is 35.4 Å². The molecule has 30 heavy (non-hydrogen) atoms. The van der Waals surface area contributed by atoms with Crippen molar-refractivity contribution in [2.75, 3.05) is 0 Å². The van der Waals surface area contributed by atoms with Gasteiger partial charge in [-0.3, -0.25) is 12.2 Å². The standard InChI is InChI=1S/C12H11Si.2C8H11.Hf/c1-3-7-11(8-4-1)13-12-9-5-2-6-10-12;2*1-2-5-8-6-3-4-7-8;/h1-10,13H;2*3,6H,2,4-5H2,1H3;/q;2*-1;. The Morgan fingerprint density at radius 1 is 0.667 bits per heavy atom. The fraction of sp³-hybridized carbons (Fsp3) is 0.286. The topological polar surface area (TPSA) is 0 Å². The zero-order valence-corrected chi connectivity index (χ0v) is 23.2. The first-order valence-electron chi connectivity index (χ1n) is 10.8. The Kier molecular flexibility index (Phi) is 15.2. The second-order valence-electron chi connectivity index (χ2n) is 7.08. The van der Waals surface area contributed by atoms with Crippen molar-refractivity contribution in [2.24, 2.45) is 0 Å². The van der Waals surface area contributed by atoms with E-state index in [4.69, 9.17) is 0 Å². The SMILES string of the molecule is CCCC1=[C-]CC=C1.CCCC1=[C-]CC=C1.[Hf].c1ccc([SiH]c2ccccc2)cc1. The van der Waals surface area contributed by atoms with E-state index in [1.54, 1.807) is 0 Å². The third-order valence-electron chi connectivity index (χ3n) is 4.50. The molecule has 0 unspecified atom stereocenters. The van der Waals surface area contributed by atoms with Crippen molar-refractivity contribution in [3.05, 3.63) is 108 Å². The molecule has 0 aromatic heterocycles.